The molecule has 0 saturated heterocycles. The first-order valence-corrected chi connectivity index (χ1v) is 4.66. The van der Waals surface area contributed by atoms with Gasteiger partial charge >= 0.3 is 0 Å². The summed E-state index contributed by atoms with van der Waals surface area (Å²) in [6.07, 6.45) is 1.67. The van der Waals surface area contributed by atoms with E-state index in [1.807, 2.05) is 0 Å². The van der Waals surface area contributed by atoms with Gasteiger partial charge in [-0.15, -0.1) is 0 Å². The molecule has 2 aromatic rings. The Hall–Kier alpha value is -1.62. The monoisotopic (exact) mass is 209 g/mol. The van der Waals surface area contributed by atoms with Crippen LogP contribution in [0.15, 0.2) is 18.3 Å². The number of nitrogens with zero attached hydrogens (tertiary/aromatic N) is 2. The Morgan fingerprint density at radius 2 is 2.33 bits per heavy atom. The van der Waals surface area contributed by atoms with Crippen LogP contribution in [0.5, 0.6) is 5.75 Å². The Kier molecular flexibility index (Phi) is 2.55. The van der Waals surface area contributed by atoms with Gasteiger partial charge in [-0.2, -0.15) is 5.10 Å². The first-order chi connectivity index (χ1) is 7.27. The largest absolute Gasteiger partial charge is 0.491 e. The summed E-state index contributed by atoms with van der Waals surface area (Å²) in [4.78, 5) is 0. The highest BCUT2D eigenvalue weighted by atomic mass is 19.1. The van der Waals surface area contributed by atoms with Crippen LogP contribution in [-0.2, 0) is 6.54 Å². The van der Waals surface area contributed by atoms with E-state index in [2.05, 4.69) is 5.10 Å². The van der Waals surface area contributed by atoms with Gasteiger partial charge in [-0.25, -0.2) is 4.39 Å². The average molecular weight is 209 g/mol. The number of rotatable bonds is 3. The third-order valence-electron chi connectivity index (χ3n) is 2.25. The van der Waals surface area contributed by atoms with E-state index in [0.717, 1.165) is 5.39 Å². The average Bonchev–Trinajstić information content (AvgIpc) is 2.63. The van der Waals surface area contributed by atoms with Crippen LogP contribution >= 0.6 is 0 Å². The van der Waals surface area contributed by atoms with Crippen molar-refractivity contribution in [1.29, 1.82) is 0 Å². The molecule has 5 heteroatoms. The van der Waals surface area contributed by atoms with E-state index in [1.54, 1.807) is 16.9 Å². The molecule has 0 radical (unpaired) electrons. The Balaban J connectivity index is 2.69. The van der Waals surface area contributed by atoms with E-state index in [0.29, 0.717) is 18.6 Å². The quantitative estimate of drug-likeness (QED) is 0.824. The lowest BCUT2D eigenvalue weighted by molar-refractivity contribution is 0.388. The molecule has 0 aliphatic carbocycles. The van der Waals surface area contributed by atoms with Gasteiger partial charge in [0.1, 0.15) is 5.52 Å². The number of aromatic nitrogens is 2. The summed E-state index contributed by atoms with van der Waals surface area (Å²) in [5.41, 5.74) is 6.10. The molecule has 0 aliphatic rings. The normalized spacial score (nSPS) is 10.9. The van der Waals surface area contributed by atoms with Crippen LogP contribution < -0.4 is 10.5 Å². The molecule has 2 N–H and O–H groups in total. The van der Waals surface area contributed by atoms with Crippen LogP contribution in [0.2, 0.25) is 0 Å². The van der Waals surface area contributed by atoms with Crippen molar-refractivity contribution in [3.63, 3.8) is 0 Å². The van der Waals surface area contributed by atoms with Gasteiger partial charge in [0.15, 0.2) is 11.6 Å². The third kappa shape index (κ3) is 1.55. The lowest BCUT2D eigenvalue weighted by Crippen LogP contribution is -2.11. The van der Waals surface area contributed by atoms with Crippen LogP contribution in [0.4, 0.5) is 4.39 Å². The minimum absolute atomic E-state index is 0.221. The van der Waals surface area contributed by atoms with Gasteiger partial charge in [0, 0.05) is 11.9 Å². The molecule has 0 saturated carbocycles. The van der Waals surface area contributed by atoms with Crippen molar-refractivity contribution in [2.45, 2.75) is 6.54 Å². The van der Waals surface area contributed by atoms with Crippen molar-refractivity contribution in [3.05, 3.63) is 24.1 Å². The van der Waals surface area contributed by atoms with E-state index < -0.39 is 0 Å². The maximum Gasteiger partial charge on any atom is 0.180 e. The molecule has 0 aliphatic heterocycles. The zero-order valence-corrected chi connectivity index (χ0v) is 8.40. The van der Waals surface area contributed by atoms with Gasteiger partial charge < -0.3 is 10.5 Å². The van der Waals surface area contributed by atoms with Crippen LogP contribution in [0.3, 0.4) is 0 Å². The fraction of sp³-hybridized carbons (Fsp3) is 0.300. The lowest BCUT2D eigenvalue weighted by Gasteiger charge is -2.06. The summed E-state index contributed by atoms with van der Waals surface area (Å²) in [5.74, 6) is -0.165. The zero-order valence-electron chi connectivity index (χ0n) is 8.40. The summed E-state index contributed by atoms with van der Waals surface area (Å²) in [6.45, 7) is 1.000. The molecular weight excluding hydrogens is 197 g/mol. The first-order valence-electron chi connectivity index (χ1n) is 4.66. The van der Waals surface area contributed by atoms with Crippen LogP contribution in [0.25, 0.3) is 10.9 Å². The molecule has 0 amide bonds. The maximum absolute atomic E-state index is 13.4. The third-order valence-corrected chi connectivity index (χ3v) is 2.25. The number of hydrogen-bond acceptors (Lipinski definition) is 3. The molecule has 80 valence electrons. The summed E-state index contributed by atoms with van der Waals surface area (Å²) in [7, 11) is 1.44. The highest BCUT2D eigenvalue weighted by Crippen LogP contribution is 2.28. The zero-order chi connectivity index (χ0) is 10.8. The Morgan fingerprint density at radius 3 is 3.00 bits per heavy atom. The molecule has 0 unspecified atom stereocenters. The molecule has 0 fully saturated rings. The second-order valence-electron chi connectivity index (χ2n) is 3.17. The fourth-order valence-corrected chi connectivity index (χ4v) is 1.61. The molecule has 1 aromatic heterocycles. The van der Waals surface area contributed by atoms with Crippen LogP contribution in [0, 0.1) is 5.82 Å². The second-order valence-corrected chi connectivity index (χ2v) is 3.17. The predicted molar refractivity (Wildman–Crippen MR) is 55.3 cm³/mol. The van der Waals surface area contributed by atoms with Crippen molar-refractivity contribution >= 4 is 10.9 Å². The Labute approximate surface area is 86.4 Å². The van der Waals surface area contributed by atoms with E-state index >= 15 is 0 Å². The standard InChI is InChI=1S/C10H12FN3O/c1-15-10-8(11)3-2-7-6-13-14(5-4-12)9(7)10/h2-3,6H,4-5,12H2,1H3. The minimum Gasteiger partial charge on any atom is -0.491 e. The fourth-order valence-electron chi connectivity index (χ4n) is 1.61. The van der Waals surface area contributed by atoms with Crippen molar-refractivity contribution in [2.75, 3.05) is 13.7 Å². The molecule has 1 heterocycles. The van der Waals surface area contributed by atoms with Crippen molar-refractivity contribution in [3.8, 4) is 5.75 Å². The van der Waals surface area contributed by atoms with Crippen molar-refractivity contribution < 1.29 is 9.13 Å². The molecule has 0 bridgehead atoms. The Bertz CT molecular complexity index is 481. The number of benzene rings is 1. The highest BCUT2D eigenvalue weighted by Gasteiger charge is 2.12. The van der Waals surface area contributed by atoms with Crippen LogP contribution in [-0.4, -0.2) is 23.4 Å². The van der Waals surface area contributed by atoms with Gasteiger partial charge in [0.25, 0.3) is 0 Å². The number of hydrogen-bond donors (Lipinski definition) is 1. The molecule has 4 nitrogen and oxygen atoms in total. The summed E-state index contributed by atoms with van der Waals surface area (Å²) < 4.78 is 20.1. The van der Waals surface area contributed by atoms with E-state index in [4.69, 9.17) is 10.5 Å². The molecule has 0 atom stereocenters. The lowest BCUT2D eigenvalue weighted by atomic mass is 10.2. The topological polar surface area (TPSA) is 53.1 Å². The second kappa shape index (κ2) is 3.86. The highest BCUT2D eigenvalue weighted by molar-refractivity contribution is 5.84. The molecule has 1 aromatic carbocycles. The smallest absolute Gasteiger partial charge is 0.180 e. The van der Waals surface area contributed by atoms with Crippen LogP contribution in [0.1, 0.15) is 0 Å². The van der Waals surface area contributed by atoms with Gasteiger partial charge in [-0.05, 0) is 12.1 Å². The van der Waals surface area contributed by atoms with E-state index in [1.165, 1.54) is 13.2 Å². The summed E-state index contributed by atoms with van der Waals surface area (Å²) >= 11 is 0. The van der Waals surface area contributed by atoms with Gasteiger partial charge in [0.05, 0.1) is 19.9 Å². The molecule has 15 heavy (non-hydrogen) atoms. The minimum atomic E-state index is -0.385. The first kappa shape index (κ1) is 9.92. The SMILES string of the molecule is COc1c(F)ccc2cnn(CCN)c12. The molecule has 2 rings (SSSR count). The number of halogens is 1. The Morgan fingerprint density at radius 1 is 1.53 bits per heavy atom. The van der Waals surface area contributed by atoms with Gasteiger partial charge in [-0.3, -0.25) is 4.68 Å². The number of ether oxygens (including phenoxy) is 1. The van der Waals surface area contributed by atoms with Gasteiger partial charge in [-0.1, -0.05) is 0 Å². The number of fused-ring (bicyclic) bond motifs is 1. The van der Waals surface area contributed by atoms with E-state index in [9.17, 15) is 4.39 Å². The van der Waals surface area contributed by atoms with E-state index in [-0.39, 0.29) is 11.6 Å². The number of nitrogens with two attached hydrogens (primary N) is 1. The molecule has 0 spiro atoms. The summed E-state index contributed by atoms with van der Waals surface area (Å²) in [6, 6.07) is 3.04. The summed E-state index contributed by atoms with van der Waals surface area (Å²) in [5, 5.41) is 4.97. The molecular formula is C10H12FN3O. The van der Waals surface area contributed by atoms with Crippen molar-refractivity contribution in [1.82, 2.24) is 9.78 Å². The van der Waals surface area contributed by atoms with Gasteiger partial charge in [0.2, 0.25) is 0 Å². The maximum atomic E-state index is 13.4. The van der Waals surface area contributed by atoms with Crippen molar-refractivity contribution in [2.24, 2.45) is 5.73 Å². The predicted octanol–water partition coefficient (Wildman–Crippen LogP) is 1.14. The number of methoxy groups -OCH3 is 1.